The largest absolute Gasteiger partial charge is 0.455 e. The van der Waals surface area contributed by atoms with Gasteiger partial charge < -0.3 is 4.42 Å². The zero-order valence-corrected chi connectivity index (χ0v) is 25.7. The highest BCUT2D eigenvalue weighted by Crippen LogP contribution is 2.40. The van der Waals surface area contributed by atoms with E-state index in [0.29, 0.717) is 39.4 Å². The highest BCUT2D eigenvalue weighted by molar-refractivity contribution is 6.12. The molecule has 0 fully saturated rings. The summed E-state index contributed by atoms with van der Waals surface area (Å²) in [7, 11) is 0. The van der Waals surface area contributed by atoms with Crippen LogP contribution in [-0.2, 0) is 0 Å². The van der Waals surface area contributed by atoms with Gasteiger partial charge in [-0.05, 0) is 58.1 Å². The smallest absolute Gasteiger partial charge is 0.164 e. The van der Waals surface area contributed by atoms with Gasteiger partial charge in [-0.15, -0.1) is 0 Å². The Morgan fingerprint density at radius 3 is 1.65 bits per heavy atom. The Kier molecular flexibility index (Phi) is 4.94. The molecule has 4 nitrogen and oxygen atoms in total. The van der Waals surface area contributed by atoms with E-state index in [9.17, 15) is 0 Å². The Morgan fingerprint density at radius 2 is 0.959 bits per heavy atom. The molecule has 49 heavy (non-hydrogen) atoms. The van der Waals surface area contributed by atoms with Crippen LogP contribution in [0, 0.1) is 0 Å². The number of furan rings is 1. The van der Waals surface area contributed by atoms with Gasteiger partial charge in [0.2, 0.25) is 0 Å². The van der Waals surface area contributed by atoms with Crippen LogP contribution in [0.15, 0.2) is 180 Å². The van der Waals surface area contributed by atoms with Crippen LogP contribution in [0.5, 0.6) is 0 Å². The molecule has 2 aromatic heterocycles. The van der Waals surface area contributed by atoms with Crippen LogP contribution in [0.4, 0.5) is 0 Å². The quantitative estimate of drug-likeness (QED) is 0.182. The summed E-state index contributed by atoms with van der Waals surface area (Å²) < 4.78 is 91.5. The average molecular weight is 638 g/mol. The number of hydrogen-bond donors (Lipinski definition) is 0. The molecule has 7 aromatic carbocycles. The molecule has 0 aliphatic rings. The molecule has 0 unspecified atom stereocenters. The summed E-state index contributed by atoms with van der Waals surface area (Å²) in [5.41, 5.74) is 4.68. The first-order chi connectivity index (χ1) is 28.4. The van der Waals surface area contributed by atoms with Gasteiger partial charge in [0.05, 0.1) is 13.7 Å². The first-order valence-electron chi connectivity index (χ1n) is 20.5. The maximum atomic E-state index is 8.83. The fraction of sp³-hybridized carbons (Fsp3) is 0. The van der Waals surface area contributed by atoms with E-state index in [1.807, 2.05) is 91.0 Å². The second kappa shape index (κ2) is 12.2. The molecule has 0 spiro atoms. The van der Waals surface area contributed by atoms with Crippen molar-refractivity contribution in [2.75, 3.05) is 0 Å². The molecule has 0 amide bonds. The zero-order valence-electron chi connectivity index (χ0n) is 35.7. The predicted molar refractivity (Wildman–Crippen MR) is 200 cm³/mol. The predicted octanol–water partition coefficient (Wildman–Crippen LogP) is 11.8. The van der Waals surface area contributed by atoms with E-state index >= 15 is 0 Å². The molecule has 0 atom stereocenters. The van der Waals surface area contributed by atoms with E-state index in [0.717, 1.165) is 22.3 Å². The van der Waals surface area contributed by atoms with Gasteiger partial charge in [-0.1, -0.05) is 145 Å². The third kappa shape index (κ3) is 5.45. The van der Waals surface area contributed by atoms with Crippen molar-refractivity contribution in [3.63, 3.8) is 0 Å². The first-order valence-corrected chi connectivity index (χ1v) is 15.5. The number of aromatic nitrogens is 3. The van der Waals surface area contributed by atoms with Crippen molar-refractivity contribution in [2.45, 2.75) is 0 Å². The molecule has 0 bridgehead atoms. The number of hydrogen-bond acceptors (Lipinski definition) is 4. The van der Waals surface area contributed by atoms with Gasteiger partial charge in [0.25, 0.3) is 0 Å². The summed E-state index contributed by atoms with van der Waals surface area (Å²) in [6.45, 7) is 0. The lowest BCUT2D eigenvalue weighted by molar-refractivity contribution is 0.670. The van der Waals surface area contributed by atoms with Gasteiger partial charge in [-0.3, -0.25) is 0 Å². The number of nitrogens with zero attached hydrogens (tertiary/aromatic N) is 3. The second-order valence-electron chi connectivity index (χ2n) is 11.3. The molecule has 9 aromatic rings. The van der Waals surface area contributed by atoms with Crippen molar-refractivity contribution in [1.29, 1.82) is 0 Å². The van der Waals surface area contributed by atoms with Crippen molar-refractivity contribution in [1.82, 2.24) is 15.0 Å². The van der Waals surface area contributed by atoms with Gasteiger partial charge in [-0.2, -0.15) is 0 Å². The standard InChI is InChI=1S/C45H29N3O/c1-5-14-30(15-6-1)34-22-13-23-35(26-34)44-46-43(33-20-11-4-12-21-33)47-45(48-44)36-24-25-38-40-28-37(31-16-7-2-8-17-31)27-39(32-18-9-3-10-19-32)42(40)49-41(38)29-36/h1-29H/i2D,3D,7D,8D,9D,10D,16D,17D,18D,19D. The van der Waals surface area contributed by atoms with Gasteiger partial charge >= 0.3 is 0 Å². The Bertz CT molecular complexity index is 3120. The third-order valence-electron chi connectivity index (χ3n) is 8.28. The fourth-order valence-corrected chi connectivity index (χ4v) is 5.95. The highest BCUT2D eigenvalue weighted by atomic mass is 16.3. The van der Waals surface area contributed by atoms with Gasteiger partial charge in [0, 0.05) is 33.0 Å². The normalized spacial score (nSPS) is 14.1. The highest BCUT2D eigenvalue weighted by Gasteiger charge is 2.18. The molecular weight excluding hydrogens is 599 g/mol. The van der Waals surface area contributed by atoms with Gasteiger partial charge in [0.1, 0.15) is 11.2 Å². The molecule has 0 saturated carbocycles. The molecule has 0 aliphatic heterocycles. The monoisotopic (exact) mass is 637 g/mol. The minimum absolute atomic E-state index is 0.0890. The fourth-order valence-electron chi connectivity index (χ4n) is 5.95. The molecule has 0 radical (unpaired) electrons. The molecule has 0 aliphatic carbocycles. The summed E-state index contributed by atoms with van der Waals surface area (Å²) in [4.78, 5) is 14.7. The lowest BCUT2D eigenvalue weighted by Crippen LogP contribution is -2.00. The minimum atomic E-state index is -0.575. The maximum Gasteiger partial charge on any atom is 0.164 e. The summed E-state index contributed by atoms with van der Waals surface area (Å²) in [5, 5.41) is 0.983. The van der Waals surface area contributed by atoms with Gasteiger partial charge in [0.15, 0.2) is 17.5 Å². The van der Waals surface area contributed by atoms with Crippen LogP contribution in [0.2, 0.25) is 0 Å². The Morgan fingerprint density at radius 1 is 0.388 bits per heavy atom. The third-order valence-corrected chi connectivity index (χ3v) is 8.28. The van der Waals surface area contributed by atoms with Crippen molar-refractivity contribution in [3.8, 4) is 67.5 Å². The topological polar surface area (TPSA) is 51.8 Å². The second-order valence-corrected chi connectivity index (χ2v) is 11.3. The van der Waals surface area contributed by atoms with E-state index in [1.54, 1.807) is 18.2 Å². The lowest BCUT2D eigenvalue weighted by atomic mass is 9.95. The van der Waals surface area contributed by atoms with Crippen molar-refractivity contribution in [3.05, 3.63) is 176 Å². The molecule has 0 saturated heterocycles. The minimum Gasteiger partial charge on any atom is -0.455 e. The van der Waals surface area contributed by atoms with Crippen molar-refractivity contribution in [2.24, 2.45) is 0 Å². The summed E-state index contributed by atoms with van der Waals surface area (Å²) in [6.07, 6.45) is 0. The maximum absolute atomic E-state index is 8.83. The molecule has 9 rings (SSSR count). The molecule has 2 heterocycles. The number of fused-ring (bicyclic) bond motifs is 3. The number of benzene rings is 7. The van der Waals surface area contributed by atoms with Crippen LogP contribution in [0.1, 0.15) is 13.7 Å². The van der Waals surface area contributed by atoms with Crippen LogP contribution in [-0.4, -0.2) is 15.0 Å². The van der Waals surface area contributed by atoms with E-state index < -0.39 is 60.4 Å². The van der Waals surface area contributed by atoms with E-state index in [4.69, 9.17) is 33.1 Å². The number of rotatable bonds is 6. The van der Waals surface area contributed by atoms with Crippen LogP contribution < -0.4 is 0 Å². The molecule has 230 valence electrons. The Labute approximate surface area is 298 Å². The molecular formula is C45H29N3O. The Balaban J connectivity index is 1.28. The average Bonchev–Trinajstić information content (AvgIpc) is 3.65. The summed E-state index contributed by atoms with van der Waals surface area (Å²) in [6, 6.07) is 30.7. The van der Waals surface area contributed by atoms with Crippen molar-refractivity contribution >= 4 is 21.9 Å². The lowest BCUT2D eigenvalue weighted by Gasteiger charge is -2.09. The Hall–Kier alpha value is -6.65. The van der Waals surface area contributed by atoms with Gasteiger partial charge in [-0.25, -0.2) is 15.0 Å². The first kappa shape index (κ1) is 19.9. The summed E-state index contributed by atoms with van der Waals surface area (Å²) in [5.74, 6) is 1.25. The molecule has 4 heteroatoms. The summed E-state index contributed by atoms with van der Waals surface area (Å²) >= 11 is 0. The van der Waals surface area contributed by atoms with E-state index in [1.165, 1.54) is 6.07 Å². The SMILES string of the molecule is [2H]c1c([2H])c([2H])c(-c2cc(-c3c([2H])c([2H])c([2H])c([2H])c3[2H])c3oc4cc(-c5nc(-c6ccccc6)nc(-c6cccc(-c7ccccc7)c6)n5)ccc4c3c2)c([2H])c1[2H]. The zero-order chi connectivity index (χ0) is 41.3. The molecule has 0 N–H and O–H groups in total. The van der Waals surface area contributed by atoms with Crippen LogP contribution >= 0.6 is 0 Å². The van der Waals surface area contributed by atoms with E-state index in [-0.39, 0.29) is 27.8 Å². The van der Waals surface area contributed by atoms with Crippen LogP contribution in [0.25, 0.3) is 89.5 Å². The van der Waals surface area contributed by atoms with Crippen LogP contribution in [0.3, 0.4) is 0 Å². The van der Waals surface area contributed by atoms with E-state index in [2.05, 4.69) is 0 Å². The van der Waals surface area contributed by atoms with Crippen molar-refractivity contribution < 1.29 is 18.1 Å².